The van der Waals surface area contributed by atoms with E-state index in [9.17, 15) is 22.4 Å². The number of rotatable bonds is 9. The van der Waals surface area contributed by atoms with Crippen molar-refractivity contribution in [3.63, 3.8) is 0 Å². The number of halogens is 1. The SMILES string of the molecule is CCN(CC(=O)NCc1ccc(F)cc1)C(=O)CN(C)S(=O)(=O)c1ccc(C)cc1. The monoisotopic (exact) mass is 435 g/mol. The summed E-state index contributed by atoms with van der Waals surface area (Å²) in [5.74, 6) is -1.23. The van der Waals surface area contributed by atoms with Gasteiger partial charge in [0.25, 0.3) is 0 Å². The molecule has 2 aromatic rings. The van der Waals surface area contributed by atoms with E-state index in [1.807, 2.05) is 6.92 Å². The van der Waals surface area contributed by atoms with E-state index in [1.54, 1.807) is 31.2 Å². The molecule has 0 aliphatic rings. The molecule has 0 aromatic heterocycles. The molecule has 0 radical (unpaired) electrons. The minimum absolute atomic E-state index is 0.100. The molecule has 0 saturated heterocycles. The summed E-state index contributed by atoms with van der Waals surface area (Å²) in [5.41, 5.74) is 1.65. The van der Waals surface area contributed by atoms with Gasteiger partial charge in [0.15, 0.2) is 0 Å². The maximum Gasteiger partial charge on any atom is 0.243 e. The third-order valence-corrected chi connectivity index (χ3v) is 6.38. The molecular weight excluding hydrogens is 409 g/mol. The number of hydrogen-bond acceptors (Lipinski definition) is 4. The molecule has 0 bridgehead atoms. The van der Waals surface area contributed by atoms with Gasteiger partial charge in [-0.1, -0.05) is 29.8 Å². The van der Waals surface area contributed by atoms with Crippen LogP contribution in [-0.4, -0.2) is 56.1 Å². The Morgan fingerprint density at radius 1 is 1.00 bits per heavy atom. The first kappa shape index (κ1) is 23.5. The van der Waals surface area contributed by atoms with E-state index in [1.165, 1.54) is 36.2 Å². The van der Waals surface area contributed by atoms with Crippen LogP contribution < -0.4 is 5.32 Å². The van der Waals surface area contributed by atoms with Crippen molar-refractivity contribution in [2.75, 3.05) is 26.7 Å². The zero-order chi connectivity index (χ0) is 22.3. The van der Waals surface area contributed by atoms with Crippen LogP contribution in [0.3, 0.4) is 0 Å². The summed E-state index contributed by atoms with van der Waals surface area (Å²) in [5, 5.41) is 2.67. The van der Waals surface area contributed by atoms with Crippen molar-refractivity contribution >= 4 is 21.8 Å². The second-order valence-electron chi connectivity index (χ2n) is 6.89. The summed E-state index contributed by atoms with van der Waals surface area (Å²) in [7, 11) is -2.49. The molecule has 2 amide bonds. The van der Waals surface area contributed by atoms with Gasteiger partial charge in [0.1, 0.15) is 5.82 Å². The molecule has 0 spiro atoms. The maximum absolute atomic E-state index is 12.9. The van der Waals surface area contributed by atoms with Gasteiger partial charge in [-0.2, -0.15) is 4.31 Å². The highest BCUT2D eigenvalue weighted by Gasteiger charge is 2.25. The van der Waals surface area contributed by atoms with E-state index in [0.717, 1.165) is 15.4 Å². The summed E-state index contributed by atoms with van der Waals surface area (Å²) in [6.45, 7) is 3.43. The summed E-state index contributed by atoms with van der Waals surface area (Å²) in [6, 6.07) is 12.1. The van der Waals surface area contributed by atoms with Crippen LogP contribution in [0.25, 0.3) is 0 Å². The normalized spacial score (nSPS) is 11.4. The predicted octanol–water partition coefficient (Wildman–Crippen LogP) is 1.92. The molecule has 7 nitrogen and oxygen atoms in total. The fraction of sp³-hybridized carbons (Fsp3) is 0.333. The number of benzene rings is 2. The number of carbonyl (C=O) groups excluding carboxylic acids is 2. The van der Waals surface area contributed by atoms with E-state index in [2.05, 4.69) is 5.32 Å². The summed E-state index contributed by atoms with van der Waals surface area (Å²) in [4.78, 5) is 26.1. The second-order valence-corrected chi connectivity index (χ2v) is 8.93. The standard InChI is InChI=1S/C21H26FN3O4S/c1-4-25(14-20(26)23-13-17-7-9-18(22)10-8-17)21(27)15-24(3)30(28,29)19-11-5-16(2)6-12-19/h5-12H,4,13-15H2,1-3H3,(H,23,26). The van der Waals surface area contributed by atoms with Gasteiger partial charge in [-0.25, -0.2) is 12.8 Å². The highest BCUT2D eigenvalue weighted by atomic mass is 32.2. The molecule has 162 valence electrons. The van der Waals surface area contributed by atoms with Crippen molar-refractivity contribution < 1.29 is 22.4 Å². The number of hydrogen-bond donors (Lipinski definition) is 1. The first-order chi connectivity index (χ1) is 14.1. The number of nitrogens with one attached hydrogen (secondary N) is 1. The summed E-state index contributed by atoms with van der Waals surface area (Å²) in [6.07, 6.45) is 0. The van der Waals surface area contributed by atoms with E-state index in [4.69, 9.17) is 0 Å². The van der Waals surface area contributed by atoms with Gasteiger partial charge >= 0.3 is 0 Å². The Hall–Kier alpha value is -2.78. The van der Waals surface area contributed by atoms with Crippen LogP contribution >= 0.6 is 0 Å². The van der Waals surface area contributed by atoms with Crippen LogP contribution in [0.4, 0.5) is 4.39 Å². The minimum Gasteiger partial charge on any atom is -0.350 e. The summed E-state index contributed by atoms with van der Waals surface area (Å²) >= 11 is 0. The van der Waals surface area contributed by atoms with Crippen LogP contribution in [0.1, 0.15) is 18.1 Å². The molecule has 30 heavy (non-hydrogen) atoms. The van der Waals surface area contributed by atoms with E-state index in [-0.39, 0.29) is 36.9 Å². The van der Waals surface area contributed by atoms with Crippen LogP contribution in [0, 0.1) is 12.7 Å². The number of nitrogens with zero attached hydrogens (tertiary/aromatic N) is 2. The van der Waals surface area contributed by atoms with Gasteiger partial charge in [0.2, 0.25) is 21.8 Å². The minimum atomic E-state index is -3.82. The lowest BCUT2D eigenvalue weighted by atomic mass is 10.2. The van der Waals surface area contributed by atoms with Crippen molar-refractivity contribution in [2.24, 2.45) is 0 Å². The molecule has 0 heterocycles. The molecule has 0 fully saturated rings. The Balaban J connectivity index is 1.93. The molecule has 1 N–H and O–H groups in total. The molecule has 0 saturated carbocycles. The van der Waals surface area contributed by atoms with E-state index >= 15 is 0 Å². The van der Waals surface area contributed by atoms with Crippen molar-refractivity contribution in [1.82, 2.24) is 14.5 Å². The average molecular weight is 436 g/mol. The lowest BCUT2D eigenvalue weighted by Gasteiger charge is -2.24. The zero-order valence-electron chi connectivity index (χ0n) is 17.3. The van der Waals surface area contributed by atoms with Gasteiger partial charge in [0, 0.05) is 20.1 Å². The van der Waals surface area contributed by atoms with Gasteiger partial charge in [0.05, 0.1) is 18.0 Å². The highest BCUT2D eigenvalue weighted by molar-refractivity contribution is 7.89. The Morgan fingerprint density at radius 3 is 2.17 bits per heavy atom. The Bertz CT molecular complexity index is 976. The van der Waals surface area contributed by atoms with Crippen molar-refractivity contribution in [3.05, 3.63) is 65.5 Å². The number of carbonyl (C=O) groups is 2. The molecule has 2 aromatic carbocycles. The zero-order valence-corrected chi connectivity index (χ0v) is 18.1. The van der Waals surface area contributed by atoms with Crippen molar-refractivity contribution in [2.45, 2.75) is 25.3 Å². The number of likely N-dealkylation sites (N-methyl/N-ethyl adjacent to an activating group) is 2. The van der Waals surface area contributed by atoms with Gasteiger partial charge < -0.3 is 10.2 Å². The molecule has 2 rings (SSSR count). The second kappa shape index (κ2) is 10.3. The topological polar surface area (TPSA) is 86.8 Å². The predicted molar refractivity (Wildman–Crippen MR) is 111 cm³/mol. The molecule has 0 unspecified atom stereocenters. The third kappa shape index (κ3) is 6.36. The smallest absolute Gasteiger partial charge is 0.243 e. The quantitative estimate of drug-likeness (QED) is 0.652. The lowest BCUT2D eigenvalue weighted by Crippen LogP contribution is -2.45. The molecule has 0 atom stereocenters. The van der Waals surface area contributed by atoms with Gasteiger partial charge in [-0.15, -0.1) is 0 Å². The average Bonchev–Trinajstić information content (AvgIpc) is 2.71. The number of sulfonamides is 1. The van der Waals surface area contributed by atoms with Crippen molar-refractivity contribution in [1.29, 1.82) is 0 Å². The lowest BCUT2D eigenvalue weighted by molar-refractivity contribution is -0.135. The van der Waals surface area contributed by atoms with Gasteiger partial charge in [-0.3, -0.25) is 9.59 Å². The molecular formula is C21H26FN3O4S. The molecule has 0 aliphatic carbocycles. The molecule has 0 aliphatic heterocycles. The van der Waals surface area contributed by atoms with Crippen LogP contribution in [0.15, 0.2) is 53.4 Å². The molecule has 9 heteroatoms. The highest BCUT2D eigenvalue weighted by Crippen LogP contribution is 2.15. The van der Waals surface area contributed by atoms with Crippen molar-refractivity contribution in [3.8, 4) is 0 Å². The summed E-state index contributed by atoms with van der Waals surface area (Å²) < 4.78 is 39.2. The first-order valence-corrected chi connectivity index (χ1v) is 10.9. The third-order valence-electron chi connectivity index (χ3n) is 4.56. The van der Waals surface area contributed by atoms with Crippen LogP contribution in [0.5, 0.6) is 0 Å². The fourth-order valence-electron chi connectivity index (χ4n) is 2.67. The maximum atomic E-state index is 12.9. The fourth-order valence-corrected chi connectivity index (χ4v) is 3.79. The van der Waals surface area contributed by atoms with E-state index in [0.29, 0.717) is 0 Å². The number of aryl methyl sites for hydroxylation is 1. The first-order valence-electron chi connectivity index (χ1n) is 9.45. The van der Waals surface area contributed by atoms with Gasteiger partial charge in [-0.05, 0) is 43.7 Å². The number of amides is 2. The van der Waals surface area contributed by atoms with E-state index < -0.39 is 21.8 Å². The largest absolute Gasteiger partial charge is 0.350 e. The Labute approximate surface area is 176 Å². The Kier molecular flexibility index (Phi) is 8.08. The van der Waals surface area contributed by atoms with Crippen LogP contribution in [0.2, 0.25) is 0 Å². The van der Waals surface area contributed by atoms with Crippen LogP contribution in [-0.2, 0) is 26.2 Å². The Morgan fingerprint density at radius 2 is 1.60 bits per heavy atom.